The van der Waals surface area contributed by atoms with Crippen molar-refractivity contribution in [2.75, 3.05) is 26.2 Å². The third-order valence-corrected chi connectivity index (χ3v) is 6.18. The van der Waals surface area contributed by atoms with Gasteiger partial charge < -0.3 is 9.47 Å². The van der Waals surface area contributed by atoms with Crippen LogP contribution in [0.3, 0.4) is 0 Å². The van der Waals surface area contributed by atoms with E-state index in [-0.39, 0.29) is 11.7 Å². The number of carbonyl (C=O) groups excluding carboxylic acids is 1. The Labute approximate surface area is 192 Å². The molecule has 0 saturated carbocycles. The SMILES string of the molecule is O=C(Cc1cnccn1)N1CCN(Cc2cn(Cc3cccc(F)c3)c3ccccc23)CC1. The first-order chi connectivity index (χ1) is 16.2. The van der Waals surface area contributed by atoms with Gasteiger partial charge in [0.1, 0.15) is 5.82 Å². The van der Waals surface area contributed by atoms with Gasteiger partial charge >= 0.3 is 0 Å². The molecule has 7 heteroatoms. The monoisotopic (exact) mass is 443 g/mol. The van der Waals surface area contributed by atoms with Crippen molar-refractivity contribution in [3.05, 3.63) is 96.0 Å². The van der Waals surface area contributed by atoms with Gasteiger partial charge in [-0.3, -0.25) is 19.7 Å². The number of hydrogen-bond donors (Lipinski definition) is 0. The van der Waals surface area contributed by atoms with Gasteiger partial charge in [-0.25, -0.2) is 4.39 Å². The second-order valence-electron chi connectivity index (χ2n) is 8.46. The molecule has 0 radical (unpaired) electrons. The van der Waals surface area contributed by atoms with Crippen LogP contribution < -0.4 is 0 Å². The van der Waals surface area contributed by atoms with Gasteiger partial charge in [-0.1, -0.05) is 30.3 Å². The lowest BCUT2D eigenvalue weighted by Crippen LogP contribution is -2.48. The number of halogens is 1. The number of para-hydroxylation sites is 1. The summed E-state index contributed by atoms with van der Waals surface area (Å²) in [6.45, 7) is 4.53. The van der Waals surface area contributed by atoms with Crippen LogP contribution in [0.1, 0.15) is 16.8 Å². The van der Waals surface area contributed by atoms with Crippen LogP contribution in [0.5, 0.6) is 0 Å². The molecule has 0 unspecified atom stereocenters. The molecule has 1 amide bonds. The second kappa shape index (κ2) is 9.50. The molecule has 2 aromatic heterocycles. The average Bonchev–Trinajstić information content (AvgIpc) is 3.17. The summed E-state index contributed by atoms with van der Waals surface area (Å²) in [7, 11) is 0. The lowest BCUT2D eigenvalue weighted by molar-refractivity contribution is -0.132. The van der Waals surface area contributed by atoms with Gasteiger partial charge in [-0.15, -0.1) is 0 Å². The Morgan fingerprint density at radius 2 is 1.82 bits per heavy atom. The van der Waals surface area contributed by atoms with Crippen molar-refractivity contribution >= 4 is 16.8 Å². The molecule has 5 rings (SSSR count). The van der Waals surface area contributed by atoms with Crippen molar-refractivity contribution in [2.24, 2.45) is 0 Å². The van der Waals surface area contributed by atoms with Gasteiger partial charge in [-0.05, 0) is 29.3 Å². The highest BCUT2D eigenvalue weighted by atomic mass is 19.1. The number of hydrogen-bond acceptors (Lipinski definition) is 4. The average molecular weight is 444 g/mol. The maximum absolute atomic E-state index is 13.7. The van der Waals surface area contributed by atoms with Crippen LogP contribution in [-0.4, -0.2) is 56.4 Å². The van der Waals surface area contributed by atoms with Gasteiger partial charge in [0.25, 0.3) is 0 Å². The topological polar surface area (TPSA) is 54.3 Å². The minimum Gasteiger partial charge on any atom is -0.343 e. The quantitative estimate of drug-likeness (QED) is 0.458. The standard InChI is InChI=1S/C26H26FN5O/c27-22-5-3-4-20(14-22)17-32-19-21(24-6-1-2-7-25(24)32)18-30-10-12-31(13-11-30)26(33)15-23-16-28-8-9-29-23/h1-9,14,16,19H,10-13,15,17-18H2. The molecule has 168 valence electrons. The maximum atomic E-state index is 13.7. The van der Waals surface area contributed by atoms with Crippen molar-refractivity contribution in [2.45, 2.75) is 19.5 Å². The summed E-state index contributed by atoms with van der Waals surface area (Å²) in [5.74, 6) is -0.113. The van der Waals surface area contributed by atoms with Gasteiger partial charge in [-0.2, -0.15) is 0 Å². The number of benzene rings is 2. The molecule has 33 heavy (non-hydrogen) atoms. The first-order valence-corrected chi connectivity index (χ1v) is 11.2. The summed E-state index contributed by atoms with van der Waals surface area (Å²) in [4.78, 5) is 25.2. The third kappa shape index (κ3) is 4.93. The molecular formula is C26H26FN5O. The largest absolute Gasteiger partial charge is 0.343 e. The molecule has 1 aliphatic heterocycles. The molecular weight excluding hydrogens is 417 g/mol. The molecule has 6 nitrogen and oxygen atoms in total. The smallest absolute Gasteiger partial charge is 0.228 e. The van der Waals surface area contributed by atoms with Gasteiger partial charge in [0.2, 0.25) is 5.91 Å². The fourth-order valence-electron chi connectivity index (χ4n) is 4.50. The molecule has 0 N–H and O–H groups in total. The van der Waals surface area contributed by atoms with Crippen LogP contribution in [0.25, 0.3) is 10.9 Å². The Morgan fingerprint density at radius 3 is 2.61 bits per heavy atom. The summed E-state index contributed by atoms with van der Waals surface area (Å²) >= 11 is 0. The zero-order valence-electron chi connectivity index (χ0n) is 18.4. The van der Waals surface area contributed by atoms with E-state index in [2.05, 4.69) is 43.8 Å². The van der Waals surface area contributed by atoms with Crippen LogP contribution in [-0.2, 0) is 24.3 Å². The highest BCUT2D eigenvalue weighted by molar-refractivity contribution is 5.84. The lowest BCUT2D eigenvalue weighted by atomic mass is 10.1. The number of fused-ring (bicyclic) bond motifs is 1. The van der Waals surface area contributed by atoms with E-state index in [1.54, 1.807) is 30.7 Å². The molecule has 1 aliphatic rings. The minimum absolute atomic E-state index is 0.0989. The predicted molar refractivity (Wildman–Crippen MR) is 125 cm³/mol. The molecule has 0 bridgehead atoms. The summed E-state index contributed by atoms with van der Waals surface area (Å²) in [5.41, 5.74) is 4.05. The fourth-order valence-corrected chi connectivity index (χ4v) is 4.50. The van der Waals surface area contributed by atoms with Crippen molar-refractivity contribution < 1.29 is 9.18 Å². The van der Waals surface area contributed by atoms with Crippen LogP contribution in [0.2, 0.25) is 0 Å². The zero-order chi connectivity index (χ0) is 22.6. The molecule has 0 aliphatic carbocycles. The number of carbonyl (C=O) groups is 1. The summed E-state index contributed by atoms with van der Waals surface area (Å²) in [6, 6.07) is 15.1. The molecule has 0 atom stereocenters. The second-order valence-corrected chi connectivity index (χ2v) is 8.46. The van der Waals surface area contributed by atoms with E-state index in [1.807, 2.05) is 17.0 Å². The Hall–Kier alpha value is -3.58. The van der Waals surface area contributed by atoms with Crippen LogP contribution in [0.4, 0.5) is 4.39 Å². The summed E-state index contributed by atoms with van der Waals surface area (Å²) in [5, 5.41) is 1.22. The van der Waals surface area contributed by atoms with E-state index in [0.29, 0.717) is 31.7 Å². The Morgan fingerprint density at radius 1 is 0.970 bits per heavy atom. The molecule has 1 fully saturated rings. The van der Waals surface area contributed by atoms with Crippen molar-refractivity contribution in [1.82, 2.24) is 24.3 Å². The summed E-state index contributed by atoms with van der Waals surface area (Å²) in [6.07, 6.45) is 7.35. The summed E-state index contributed by atoms with van der Waals surface area (Å²) < 4.78 is 15.9. The number of amides is 1. The first kappa shape index (κ1) is 21.3. The number of piperazine rings is 1. The molecule has 0 spiro atoms. The van der Waals surface area contributed by atoms with E-state index in [9.17, 15) is 9.18 Å². The fraction of sp³-hybridized carbons (Fsp3) is 0.269. The molecule has 2 aromatic carbocycles. The van der Waals surface area contributed by atoms with Gasteiger partial charge in [0.05, 0.1) is 12.1 Å². The number of rotatable bonds is 6. The molecule has 1 saturated heterocycles. The van der Waals surface area contributed by atoms with E-state index >= 15 is 0 Å². The zero-order valence-corrected chi connectivity index (χ0v) is 18.4. The Kier molecular flexibility index (Phi) is 6.13. The third-order valence-electron chi connectivity index (χ3n) is 6.18. The number of aromatic nitrogens is 3. The van der Waals surface area contributed by atoms with Crippen molar-refractivity contribution in [3.63, 3.8) is 0 Å². The minimum atomic E-state index is -0.212. The Bertz CT molecular complexity index is 1250. The highest BCUT2D eigenvalue weighted by Gasteiger charge is 2.22. The van der Waals surface area contributed by atoms with Crippen LogP contribution >= 0.6 is 0 Å². The van der Waals surface area contributed by atoms with Gasteiger partial charge in [0.15, 0.2) is 0 Å². The molecule has 4 aromatic rings. The predicted octanol–water partition coefficient (Wildman–Crippen LogP) is 3.51. The van der Waals surface area contributed by atoms with E-state index in [0.717, 1.165) is 30.7 Å². The van der Waals surface area contributed by atoms with Crippen molar-refractivity contribution in [3.8, 4) is 0 Å². The highest BCUT2D eigenvalue weighted by Crippen LogP contribution is 2.24. The van der Waals surface area contributed by atoms with Crippen LogP contribution in [0, 0.1) is 5.82 Å². The van der Waals surface area contributed by atoms with E-state index in [1.165, 1.54) is 17.0 Å². The maximum Gasteiger partial charge on any atom is 0.228 e. The first-order valence-electron chi connectivity index (χ1n) is 11.2. The normalized spacial score (nSPS) is 14.6. The van der Waals surface area contributed by atoms with Crippen LogP contribution in [0.15, 0.2) is 73.3 Å². The van der Waals surface area contributed by atoms with E-state index < -0.39 is 0 Å². The Balaban J connectivity index is 1.25. The number of nitrogens with zero attached hydrogens (tertiary/aromatic N) is 5. The molecule has 3 heterocycles. The lowest BCUT2D eigenvalue weighted by Gasteiger charge is -2.34. The van der Waals surface area contributed by atoms with Crippen molar-refractivity contribution in [1.29, 1.82) is 0 Å². The van der Waals surface area contributed by atoms with E-state index in [4.69, 9.17) is 0 Å². The van der Waals surface area contributed by atoms with Gasteiger partial charge in [0, 0.05) is 75.0 Å².